The number of nitrogens with zero attached hydrogens (tertiary/aromatic N) is 2. The predicted octanol–water partition coefficient (Wildman–Crippen LogP) is 4.98. The molecule has 31 heavy (non-hydrogen) atoms. The second kappa shape index (κ2) is 8.91. The third-order valence-electron chi connectivity index (χ3n) is 5.73. The van der Waals surface area contributed by atoms with Crippen LogP contribution in [0.4, 0.5) is 5.69 Å². The normalized spacial score (nSPS) is 15.2. The van der Waals surface area contributed by atoms with Gasteiger partial charge in [0.15, 0.2) is 5.06 Å². The Kier molecular flexibility index (Phi) is 5.69. The van der Waals surface area contributed by atoms with Crippen LogP contribution in [0.15, 0.2) is 66.3 Å². The molecule has 158 valence electrons. The van der Waals surface area contributed by atoms with Crippen LogP contribution in [0.5, 0.6) is 5.06 Å². The van der Waals surface area contributed by atoms with E-state index in [-0.39, 0.29) is 11.8 Å². The third kappa shape index (κ3) is 4.62. The number of likely N-dealkylation sites (tertiary alicyclic amines) is 1. The predicted molar refractivity (Wildman–Crippen MR) is 124 cm³/mol. The van der Waals surface area contributed by atoms with Crippen molar-refractivity contribution in [2.75, 3.05) is 25.1 Å². The van der Waals surface area contributed by atoms with Crippen molar-refractivity contribution in [3.8, 4) is 16.3 Å². The van der Waals surface area contributed by atoms with Gasteiger partial charge in [-0.25, -0.2) is 4.98 Å². The number of nitrogens with one attached hydrogen (secondary N) is 2. The van der Waals surface area contributed by atoms with E-state index in [4.69, 9.17) is 4.74 Å². The van der Waals surface area contributed by atoms with Gasteiger partial charge in [-0.3, -0.25) is 9.69 Å². The molecule has 1 aliphatic heterocycles. The molecule has 1 saturated heterocycles. The van der Waals surface area contributed by atoms with Crippen LogP contribution in [-0.4, -0.2) is 40.6 Å². The Labute approximate surface area is 184 Å². The Balaban J connectivity index is 1.18. The largest absolute Gasteiger partial charge is 0.467 e. The Morgan fingerprint density at radius 2 is 2.03 bits per heavy atom. The molecule has 3 heterocycles. The molecular weight excluding hydrogens is 408 g/mol. The number of anilines is 1. The van der Waals surface area contributed by atoms with Gasteiger partial charge in [0.1, 0.15) is 6.73 Å². The molecule has 0 unspecified atom stereocenters. The summed E-state index contributed by atoms with van der Waals surface area (Å²) >= 11 is 1.49. The van der Waals surface area contributed by atoms with Crippen LogP contribution < -0.4 is 10.1 Å². The number of para-hydroxylation sites is 1. The van der Waals surface area contributed by atoms with E-state index in [9.17, 15) is 4.79 Å². The summed E-state index contributed by atoms with van der Waals surface area (Å²) in [7, 11) is 0. The summed E-state index contributed by atoms with van der Waals surface area (Å²) in [4.78, 5) is 22.5. The minimum atomic E-state index is 0.0244. The second-order valence-electron chi connectivity index (χ2n) is 7.83. The summed E-state index contributed by atoms with van der Waals surface area (Å²) in [5, 5.41) is 5.12. The summed E-state index contributed by atoms with van der Waals surface area (Å²) < 4.78 is 5.73. The SMILES string of the molecule is O=C(Nc1cccc(-c2cc3ccccc3[nH]2)c1)C1CCN(COc2cncs2)CC1. The number of hydrogen-bond donors (Lipinski definition) is 2. The zero-order valence-corrected chi connectivity index (χ0v) is 17.9. The first-order chi connectivity index (χ1) is 15.2. The van der Waals surface area contributed by atoms with Crippen molar-refractivity contribution in [3.05, 3.63) is 66.3 Å². The van der Waals surface area contributed by atoms with Crippen LogP contribution in [-0.2, 0) is 4.79 Å². The average molecular weight is 433 g/mol. The van der Waals surface area contributed by atoms with Crippen molar-refractivity contribution in [1.29, 1.82) is 0 Å². The Bertz CT molecular complexity index is 1130. The lowest BCUT2D eigenvalue weighted by molar-refractivity contribution is -0.121. The molecule has 2 aromatic carbocycles. The van der Waals surface area contributed by atoms with Crippen molar-refractivity contribution in [2.45, 2.75) is 12.8 Å². The van der Waals surface area contributed by atoms with Gasteiger partial charge in [0, 0.05) is 46.9 Å². The maximum absolute atomic E-state index is 12.8. The number of amides is 1. The molecule has 5 rings (SSSR count). The van der Waals surface area contributed by atoms with E-state index < -0.39 is 0 Å². The molecule has 0 atom stereocenters. The average Bonchev–Trinajstić information content (AvgIpc) is 3.48. The summed E-state index contributed by atoms with van der Waals surface area (Å²) in [6.45, 7) is 2.25. The van der Waals surface area contributed by atoms with Gasteiger partial charge in [0.05, 0.1) is 11.7 Å². The number of thiazole rings is 1. The molecule has 1 aliphatic rings. The number of carbonyl (C=O) groups is 1. The molecular formula is C24H24N4O2S. The van der Waals surface area contributed by atoms with Gasteiger partial charge in [-0.1, -0.05) is 41.7 Å². The van der Waals surface area contributed by atoms with Crippen molar-refractivity contribution >= 4 is 33.8 Å². The first-order valence-electron chi connectivity index (χ1n) is 10.5. The van der Waals surface area contributed by atoms with E-state index in [0.29, 0.717) is 6.73 Å². The zero-order valence-electron chi connectivity index (χ0n) is 17.1. The molecule has 1 fully saturated rings. The lowest BCUT2D eigenvalue weighted by Gasteiger charge is -2.30. The van der Waals surface area contributed by atoms with E-state index >= 15 is 0 Å². The molecule has 2 N–H and O–H groups in total. The van der Waals surface area contributed by atoms with Crippen LogP contribution >= 0.6 is 11.3 Å². The van der Waals surface area contributed by atoms with Crippen LogP contribution in [0.1, 0.15) is 12.8 Å². The number of aromatic nitrogens is 2. The first-order valence-corrected chi connectivity index (χ1v) is 11.4. The number of aromatic amines is 1. The van der Waals surface area contributed by atoms with Crippen LogP contribution in [0.25, 0.3) is 22.2 Å². The smallest absolute Gasteiger partial charge is 0.227 e. The van der Waals surface area contributed by atoms with Crippen LogP contribution in [0.2, 0.25) is 0 Å². The number of rotatable bonds is 6. The standard InChI is InChI=1S/C24H24N4O2S/c29-24(17-8-10-28(11-9-17)16-30-23-14-25-15-31-23)26-20-6-3-5-18(12-20)22-13-19-4-1-2-7-21(19)27-22/h1-7,12-15,17,27H,8-11,16H2,(H,26,29). The number of ether oxygens (including phenoxy) is 1. The number of benzene rings is 2. The van der Waals surface area contributed by atoms with E-state index in [2.05, 4.69) is 44.5 Å². The van der Waals surface area contributed by atoms with Gasteiger partial charge in [0.25, 0.3) is 0 Å². The van der Waals surface area contributed by atoms with Crippen molar-refractivity contribution in [1.82, 2.24) is 14.9 Å². The summed E-state index contributed by atoms with van der Waals surface area (Å²) in [5.41, 5.74) is 5.81. The summed E-state index contributed by atoms with van der Waals surface area (Å²) in [6, 6.07) is 18.4. The summed E-state index contributed by atoms with van der Waals surface area (Å²) in [6.07, 6.45) is 3.40. The molecule has 7 heteroatoms. The minimum absolute atomic E-state index is 0.0244. The maximum Gasteiger partial charge on any atom is 0.227 e. The fourth-order valence-corrected chi connectivity index (χ4v) is 4.46. The van der Waals surface area contributed by atoms with Gasteiger partial charge in [0.2, 0.25) is 5.91 Å². The highest BCUT2D eigenvalue weighted by molar-refractivity contribution is 7.11. The molecule has 2 aromatic heterocycles. The molecule has 0 spiro atoms. The Hall–Kier alpha value is -3.16. The van der Waals surface area contributed by atoms with Crippen LogP contribution in [0.3, 0.4) is 0 Å². The fraction of sp³-hybridized carbons (Fsp3) is 0.250. The monoisotopic (exact) mass is 432 g/mol. The molecule has 0 aliphatic carbocycles. The summed E-state index contributed by atoms with van der Waals surface area (Å²) in [5.74, 6) is 0.119. The lowest BCUT2D eigenvalue weighted by atomic mass is 9.96. The van der Waals surface area contributed by atoms with Crippen LogP contribution in [0, 0.1) is 5.92 Å². The molecule has 0 saturated carbocycles. The van der Waals surface area contributed by atoms with Gasteiger partial charge in [-0.15, -0.1) is 0 Å². The van der Waals surface area contributed by atoms with Gasteiger partial charge < -0.3 is 15.0 Å². The van der Waals surface area contributed by atoms with Gasteiger partial charge in [-0.05, 0) is 37.1 Å². The van der Waals surface area contributed by atoms with E-state index in [0.717, 1.165) is 53.5 Å². The number of piperidine rings is 1. The highest BCUT2D eigenvalue weighted by atomic mass is 32.1. The maximum atomic E-state index is 12.8. The quantitative estimate of drug-likeness (QED) is 0.451. The third-order valence-corrected chi connectivity index (χ3v) is 6.41. The minimum Gasteiger partial charge on any atom is -0.467 e. The second-order valence-corrected chi connectivity index (χ2v) is 8.68. The molecule has 0 bridgehead atoms. The van der Waals surface area contributed by atoms with E-state index in [1.54, 1.807) is 11.7 Å². The highest BCUT2D eigenvalue weighted by Gasteiger charge is 2.25. The number of hydrogen-bond acceptors (Lipinski definition) is 5. The van der Waals surface area contributed by atoms with E-state index in [1.807, 2.05) is 30.3 Å². The first kappa shape index (κ1) is 19.8. The number of fused-ring (bicyclic) bond motifs is 1. The van der Waals surface area contributed by atoms with Crippen molar-refractivity contribution in [2.24, 2.45) is 5.92 Å². The fourth-order valence-electron chi connectivity index (χ4n) is 3.99. The highest BCUT2D eigenvalue weighted by Crippen LogP contribution is 2.27. The molecule has 0 radical (unpaired) electrons. The molecule has 6 nitrogen and oxygen atoms in total. The Morgan fingerprint density at radius 1 is 1.16 bits per heavy atom. The van der Waals surface area contributed by atoms with Crippen molar-refractivity contribution in [3.63, 3.8) is 0 Å². The molecule has 4 aromatic rings. The zero-order chi connectivity index (χ0) is 21.0. The van der Waals surface area contributed by atoms with E-state index in [1.165, 1.54) is 16.7 Å². The number of H-pyrrole nitrogens is 1. The lowest BCUT2D eigenvalue weighted by Crippen LogP contribution is -2.39. The topological polar surface area (TPSA) is 70.2 Å². The van der Waals surface area contributed by atoms with Crippen molar-refractivity contribution < 1.29 is 9.53 Å². The number of carbonyl (C=O) groups excluding carboxylic acids is 1. The van der Waals surface area contributed by atoms with Gasteiger partial charge in [-0.2, -0.15) is 0 Å². The molecule has 1 amide bonds. The van der Waals surface area contributed by atoms with Gasteiger partial charge >= 0.3 is 0 Å². The Morgan fingerprint density at radius 3 is 2.84 bits per heavy atom.